The number of thiophene rings is 1. The van der Waals surface area contributed by atoms with Crippen molar-refractivity contribution in [2.24, 2.45) is 0 Å². The molecule has 1 fully saturated rings. The van der Waals surface area contributed by atoms with Crippen molar-refractivity contribution >= 4 is 38.2 Å². The SMILES string of the molecule is COC(=O)[C@@H](C)Oc1ccc(-c2c3ccccc3cc3sc(C)c(C)c23)cc1C1CCCC1. The molecular weight excluding hydrogens is 428 g/mol. The molecule has 3 nitrogen and oxygen atoms in total. The largest absolute Gasteiger partial charge is 0.479 e. The first-order valence-electron chi connectivity index (χ1n) is 11.8. The molecule has 3 aromatic carbocycles. The number of methoxy groups -OCH3 is 1. The topological polar surface area (TPSA) is 35.5 Å². The van der Waals surface area contributed by atoms with E-state index in [0.717, 1.165) is 18.6 Å². The molecule has 1 aliphatic carbocycles. The van der Waals surface area contributed by atoms with Gasteiger partial charge in [0.15, 0.2) is 6.10 Å². The number of ether oxygens (including phenoxy) is 2. The van der Waals surface area contributed by atoms with E-state index in [9.17, 15) is 4.79 Å². The molecule has 1 atom stereocenters. The number of carbonyl (C=O) groups is 1. The van der Waals surface area contributed by atoms with Gasteiger partial charge in [-0.25, -0.2) is 4.79 Å². The number of aryl methyl sites for hydroxylation is 2. The van der Waals surface area contributed by atoms with Crippen LogP contribution >= 0.6 is 11.3 Å². The highest BCUT2D eigenvalue weighted by Crippen LogP contribution is 2.46. The fourth-order valence-electron chi connectivity index (χ4n) is 5.26. The zero-order chi connectivity index (χ0) is 23.1. The number of carbonyl (C=O) groups excluding carboxylic acids is 1. The minimum atomic E-state index is -0.632. The van der Waals surface area contributed by atoms with Gasteiger partial charge in [0, 0.05) is 15.0 Å². The van der Waals surface area contributed by atoms with Crippen molar-refractivity contribution in [3.05, 3.63) is 64.5 Å². The van der Waals surface area contributed by atoms with Crippen LogP contribution < -0.4 is 4.74 Å². The van der Waals surface area contributed by atoms with Gasteiger partial charge in [0.25, 0.3) is 0 Å². The van der Waals surface area contributed by atoms with Gasteiger partial charge < -0.3 is 9.47 Å². The van der Waals surface area contributed by atoms with Crippen LogP contribution in [0.4, 0.5) is 0 Å². The van der Waals surface area contributed by atoms with Crippen LogP contribution in [0, 0.1) is 13.8 Å². The molecule has 0 N–H and O–H groups in total. The van der Waals surface area contributed by atoms with E-state index in [-0.39, 0.29) is 5.97 Å². The summed E-state index contributed by atoms with van der Waals surface area (Å²) in [6.07, 6.45) is 4.17. The Morgan fingerprint density at radius 3 is 2.58 bits per heavy atom. The zero-order valence-corrected chi connectivity index (χ0v) is 20.6. The molecule has 0 spiro atoms. The third-order valence-electron chi connectivity index (χ3n) is 7.11. The molecule has 1 saturated carbocycles. The molecule has 0 bridgehead atoms. The zero-order valence-electron chi connectivity index (χ0n) is 19.7. The van der Waals surface area contributed by atoms with Crippen molar-refractivity contribution in [3.8, 4) is 16.9 Å². The maximum atomic E-state index is 12.0. The van der Waals surface area contributed by atoms with Crippen LogP contribution in [0.5, 0.6) is 5.75 Å². The standard InChI is InChI=1S/C29H30O3S/c1-17-19(3)33-26-16-21-11-7-8-12-23(21)28(27(17)26)22-13-14-25(32-18(2)29(30)31-4)24(15-22)20-9-5-6-10-20/h7-8,11-16,18,20H,5-6,9-10H2,1-4H3/t18-/m1/s1. The van der Waals surface area contributed by atoms with E-state index in [2.05, 4.69) is 62.4 Å². The summed E-state index contributed by atoms with van der Waals surface area (Å²) in [7, 11) is 1.40. The van der Waals surface area contributed by atoms with Gasteiger partial charge in [0.2, 0.25) is 0 Å². The Balaban J connectivity index is 1.72. The fourth-order valence-corrected chi connectivity index (χ4v) is 6.39. The second kappa shape index (κ2) is 8.83. The second-order valence-corrected chi connectivity index (χ2v) is 10.4. The summed E-state index contributed by atoms with van der Waals surface area (Å²) in [6, 6.07) is 17.5. The fraction of sp³-hybridized carbons (Fsp3) is 0.345. The third-order valence-corrected chi connectivity index (χ3v) is 8.26. The molecule has 0 amide bonds. The lowest BCUT2D eigenvalue weighted by atomic mass is 9.89. The lowest BCUT2D eigenvalue weighted by Crippen LogP contribution is -2.25. The Morgan fingerprint density at radius 1 is 1.06 bits per heavy atom. The lowest BCUT2D eigenvalue weighted by molar-refractivity contribution is -0.147. The molecule has 1 heterocycles. The molecule has 4 heteroatoms. The summed E-state index contributed by atoms with van der Waals surface area (Å²) >= 11 is 1.87. The van der Waals surface area contributed by atoms with Crippen LogP contribution in [0.1, 0.15) is 54.5 Å². The average Bonchev–Trinajstić information content (AvgIpc) is 3.46. The molecule has 0 aliphatic heterocycles. The van der Waals surface area contributed by atoms with Crippen molar-refractivity contribution in [3.63, 3.8) is 0 Å². The first kappa shape index (κ1) is 22.0. The van der Waals surface area contributed by atoms with E-state index in [1.165, 1.54) is 67.9 Å². The monoisotopic (exact) mass is 458 g/mol. The molecule has 33 heavy (non-hydrogen) atoms. The number of fused-ring (bicyclic) bond motifs is 2. The molecule has 0 saturated heterocycles. The predicted octanol–water partition coefficient (Wildman–Crippen LogP) is 7.94. The summed E-state index contributed by atoms with van der Waals surface area (Å²) in [4.78, 5) is 13.4. The van der Waals surface area contributed by atoms with E-state index in [1.54, 1.807) is 6.92 Å². The van der Waals surface area contributed by atoms with Crippen molar-refractivity contribution in [2.75, 3.05) is 7.11 Å². The van der Waals surface area contributed by atoms with Gasteiger partial charge in [-0.1, -0.05) is 43.2 Å². The molecule has 4 aromatic rings. The van der Waals surface area contributed by atoms with E-state index in [4.69, 9.17) is 9.47 Å². The highest BCUT2D eigenvalue weighted by atomic mass is 32.1. The maximum absolute atomic E-state index is 12.0. The first-order valence-corrected chi connectivity index (χ1v) is 12.6. The smallest absolute Gasteiger partial charge is 0.346 e. The molecule has 5 rings (SSSR count). The molecule has 0 unspecified atom stereocenters. The Kier molecular flexibility index (Phi) is 5.88. The van der Waals surface area contributed by atoms with Gasteiger partial charge in [-0.3, -0.25) is 0 Å². The number of rotatable bonds is 5. The van der Waals surface area contributed by atoms with Crippen LogP contribution in [0.2, 0.25) is 0 Å². The molecular formula is C29H30O3S. The summed E-state index contributed by atoms with van der Waals surface area (Å²) in [6.45, 7) is 6.20. The van der Waals surface area contributed by atoms with Crippen molar-refractivity contribution in [1.29, 1.82) is 0 Å². The van der Waals surface area contributed by atoms with E-state index >= 15 is 0 Å². The Labute approximate surface area is 199 Å². The van der Waals surface area contributed by atoms with Crippen LogP contribution in [-0.2, 0) is 9.53 Å². The Hall–Kier alpha value is -2.85. The quantitative estimate of drug-likeness (QED) is 0.285. The summed E-state index contributed by atoms with van der Waals surface area (Å²) < 4.78 is 12.4. The average molecular weight is 459 g/mol. The van der Waals surface area contributed by atoms with E-state index in [1.807, 2.05) is 11.3 Å². The van der Waals surface area contributed by atoms with E-state index in [0.29, 0.717) is 5.92 Å². The van der Waals surface area contributed by atoms with Gasteiger partial charge >= 0.3 is 5.97 Å². The highest BCUT2D eigenvalue weighted by molar-refractivity contribution is 7.19. The van der Waals surface area contributed by atoms with Gasteiger partial charge in [-0.2, -0.15) is 0 Å². The van der Waals surface area contributed by atoms with Crippen LogP contribution in [0.3, 0.4) is 0 Å². The van der Waals surface area contributed by atoms with Crippen LogP contribution in [0.25, 0.3) is 32.0 Å². The molecule has 170 valence electrons. The number of hydrogen-bond donors (Lipinski definition) is 0. The number of hydrogen-bond acceptors (Lipinski definition) is 4. The normalized spacial score (nSPS) is 15.3. The first-order chi connectivity index (χ1) is 16.0. The lowest BCUT2D eigenvalue weighted by Gasteiger charge is -2.21. The third kappa shape index (κ3) is 3.91. The second-order valence-electron chi connectivity index (χ2n) is 9.15. The molecule has 1 aromatic heterocycles. The van der Waals surface area contributed by atoms with E-state index < -0.39 is 6.10 Å². The maximum Gasteiger partial charge on any atom is 0.346 e. The molecule has 1 aliphatic rings. The van der Waals surface area contributed by atoms with Crippen molar-refractivity contribution in [2.45, 2.75) is 58.5 Å². The summed E-state index contributed by atoms with van der Waals surface area (Å²) in [5.41, 5.74) is 5.10. The van der Waals surface area contributed by atoms with Crippen molar-refractivity contribution < 1.29 is 14.3 Å². The number of benzene rings is 3. The Bertz CT molecular complexity index is 1340. The van der Waals surface area contributed by atoms with Gasteiger partial charge in [0.1, 0.15) is 5.75 Å². The van der Waals surface area contributed by atoms with Gasteiger partial charge in [0.05, 0.1) is 7.11 Å². The molecule has 0 radical (unpaired) electrons. The summed E-state index contributed by atoms with van der Waals surface area (Å²) in [5.74, 6) is 0.912. The highest BCUT2D eigenvalue weighted by Gasteiger charge is 2.25. The van der Waals surface area contributed by atoms with Gasteiger partial charge in [-0.15, -0.1) is 11.3 Å². The van der Waals surface area contributed by atoms with Crippen molar-refractivity contribution in [1.82, 2.24) is 0 Å². The predicted molar refractivity (Wildman–Crippen MR) is 138 cm³/mol. The minimum Gasteiger partial charge on any atom is -0.479 e. The van der Waals surface area contributed by atoms with Crippen LogP contribution in [0.15, 0.2) is 48.5 Å². The van der Waals surface area contributed by atoms with Gasteiger partial charge in [-0.05, 0) is 90.8 Å². The minimum absolute atomic E-state index is 0.350. The summed E-state index contributed by atoms with van der Waals surface area (Å²) in [5, 5.41) is 3.90. The number of esters is 1. The Morgan fingerprint density at radius 2 is 1.82 bits per heavy atom. The van der Waals surface area contributed by atoms with Crippen LogP contribution in [-0.4, -0.2) is 19.2 Å².